The molecule has 1 heterocycles. The molecule has 0 aliphatic heterocycles. The summed E-state index contributed by atoms with van der Waals surface area (Å²) in [5.74, 6) is -1.99. The highest BCUT2D eigenvalue weighted by atomic mass is 32.1. The van der Waals surface area contributed by atoms with E-state index in [0.717, 1.165) is 23.4 Å². The Kier molecular flexibility index (Phi) is 4.50. The zero-order valence-electron chi connectivity index (χ0n) is 10.5. The van der Waals surface area contributed by atoms with Crippen LogP contribution in [0.4, 0.5) is 8.78 Å². The monoisotopic (exact) mass is 284 g/mol. The normalized spacial score (nSPS) is 10.7. The second-order valence-corrected chi connectivity index (χ2v) is 5.31. The molecule has 0 atom stereocenters. The Morgan fingerprint density at radius 3 is 2.32 bits per heavy atom. The van der Waals surface area contributed by atoms with Gasteiger partial charge in [0.05, 0.1) is 6.61 Å². The summed E-state index contributed by atoms with van der Waals surface area (Å²) in [6, 6.07) is 6.01. The molecular formula is C14H14F2O2S. The van der Waals surface area contributed by atoms with Crippen LogP contribution in [0.2, 0.25) is 0 Å². The van der Waals surface area contributed by atoms with E-state index < -0.39 is 24.0 Å². The molecule has 0 bridgehead atoms. The van der Waals surface area contributed by atoms with E-state index >= 15 is 0 Å². The Balaban J connectivity index is 2.11. The Morgan fingerprint density at radius 2 is 1.79 bits per heavy atom. The number of halogens is 2. The molecule has 19 heavy (non-hydrogen) atoms. The van der Waals surface area contributed by atoms with E-state index in [1.807, 2.05) is 19.1 Å². The first-order chi connectivity index (χ1) is 9.13. The van der Waals surface area contributed by atoms with E-state index in [0.29, 0.717) is 0 Å². The van der Waals surface area contributed by atoms with Crippen molar-refractivity contribution in [1.29, 1.82) is 0 Å². The summed E-state index contributed by atoms with van der Waals surface area (Å²) < 4.78 is 32.4. The summed E-state index contributed by atoms with van der Waals surface area (Å²) in [4.78, 5) is 2.12. The highest BCUT2D eigenvalue weighted by Crippen LogP contribution is 2.26. The fourth-order valence-corrected chi connectivity index (χ4v) is 2.55. The summed E-state index contributed by atoms with van der Waals surface area (Å²) in [6.07, 6.45) is 0.929. The van der Waals surface area contributed by atoms with Crippen LogP contribution in [0.15, 0.2) is 24.3 Å². The Hall–Kier alpha value is -1.46. The Labute approximate surface area is 114 Å². The molecule has 0 radical (unpaired) electrons. The largest absolute Gasteiger partial charge is 0.482 e. The second kappa shape index (κ2) is 6.12. The van der Waals surface area contributed by atoms with Crippen LogP contribution in [0.25, 0.3) is 0 Å². The predicted molar refractivity (Wildman–Crippen MR) is 70.3 cm³/mol. The van der Waals surface area contributed by atoms with Crippen LogP contribution in [0, 0.1) is 11.6 Å². The van der Waals surface area contributed by atoms with Crippen LogP contribution in [0.5, 0.6) is 5.75 Å². The van der Waals surface area contributed by atoms with E-state index in [2.05, 4.69) is 0 Å². The van der Waals surface area contributed by atoms with Gasteiger partial charge in [0.15, 0.2) is 17.4 Å². The van der Waals surface area contributed by atoms with Crippen LogP contribution in [-0.2, 0) is 19.6 Å². The number of aliphatic hydroxyl groups is 1. The quantitative estimate of drug-likeness (QED) is 0.908. The molecule has 0 amide bonds. The van der Waals surface area contributed by atoms with Gasteiger partial charge in [-0.15, -0.1) is 11.3 Å². The first-order valence-electron chi connectivity index (χ1n) is 5.93. The molecule has 1 aromatic carbocycles. The number of ether oxygens (including phenoxy) is 1. The number of aliphatic hydroxyl groups excluding tert-OH is 1. The lowest BCUT2D eigenvalue weighted by Gasteiger charge is -2.08. The van der Waals surface area contributed by atoms with Crippen LogP contribution in [-0.4, -0.2) is 5.11 Å². The Morgan fingerprint density at radius 1 is 1.16 bits per heavy atom. The molecule has 0 saturated carbocycles. The molecule has 5 heteroatoms. The number of benzene rings is 1. The third-order valence-electron chi connectivity index (χ3n) is 2.67. The minimum Gasteiger partial charge on any atom is -0.482 e. The van der Waals surface area contributed by atoms with Gasteiger partial charge in [-0.05, 0) is 36.2 Å². The van der Waals surface area contributed by atoms with Gasteiger partial charge < -0.3 is 9.84 Å². The van der Waals surface area contributed by atoms with Gasteiger partial charge in [-0.25, -0.2) is 8.78 Å². The van der Waals surface area contributed by atoms with Crippen molar-refractivity contribution in [3.05, 3.63) is 51.2 Å². The van der Waals surface area contributed by atoms with Crippen LogP contribution in [0.1, 0.15) is 22.2 Å². The van der Waals surface area contributed by atoms with Gasteiger partial charge in [-0.2, -0.15) is 0 Å². The molecule has 0 fully saturated rings. The summed E-state index contributed by atoms with van der Waals surface area (Å²) in [5.41, 5.74) is 0.187. The van der Waals surface area contributed by atoms with Crippen LogP contribution < -0.4 is 4.74 Å². The molecule has 1 N–H and O–H groups in total. The maximum absolute atomic E-state index is 13.6. The van der Waals surface area contributed by atoms with Gasteiger partial charge in [0.2, 0.25) is 0 Å². The molecule has 0 saturated heterocycles. The van der Waals surface area contributed by atoms with Crippen molar-refractivity contribution in [3.63, 3.8) is 0 Å². The first-order valence-corrected chi connectivity index (χ1v) is 6.74. The summed E-state index contributed by atoms with van der Waals surface area (Å²) in [7, 11) is 0. The molecule has 0 aliphatic rings. The molecule has 2 aromatic rings. The van der Waals surface area contributed by atoms with Gasteiger partial charge in [0.1, 0.15) is 6.61 Å². The summed E-state index contributed by atoms with van der Waals surface area (Å²) >= 11 is 1.56. The van der Waals surface area contributed by atoms with E-state index in [1.165, 1.54) is 4.88 Å². The molecule has 102 valence electrons. The highest BCUT2D eigenvalue weighted by Gasteiger charge is 2.13. The second-order valence-electron chi connectivity index (χ2n) is 4.06. The fraction of sp³-hybridized carbons (Fsp3) is 0.286. The highest BCUT2D eigenvalue weighted by molar-refractivity contribution is 7.11. The van der Waals surface area contributed by atoms with Gasteiger partial charge in [-0.1, -0.05) is 6.92 Å². The summed E-state index contributed by atoms with van der Waals surface area (Å²) in [5, 5.41) is 8.84. The van der Waals surface area contributed by atoms with Crippen molar-refractivity contribution in [2.24, 2.45) is 0 Å². The van der Waals surface area contributed by atoms with Crippen molar-refractivity contribution < 1.29 is 18.6 Å². The third-order valence-corrected chi connectivity index (χ3v) is 3.87. The lowest BCUT2D eigenvalue weighted by Crippen LogP contribution is -2.00. The van der Waals surface area contributed by atoms with Crippen molar-refractivity contribution in [3.8, 4) is 5.75 Å². The smallest absolute Gasteiger partial charge is 0.191 e. The van der Waals surface area contributed by atoms with Gasteiger partial charge >= 0.3 is 0 Å². The average Bonchev–Trinajstić information content (AvgIpc) is 2.85. The minimum absolute atomic E-state index is 0.136. The topological polar surface area (TPSA) is 29.5 Å². The molecule has 2 nitrogen and oxygen atoms in total. The Bertz CT molecular complexity index is 543. The van der Waals surface area contributed by atoms with E-state index in [9.17, 15) is 8.78 Å². The third kappa shape index (κ3) is 3.30. The van der Waals surface area contributed by atoms with E-state index in [4.69, 9.17) is 9.84 Å². The van der Waals surface area contributed by atoms with Crippen LogP contribution in [0.3, 0.4) is 0 Å². The van der Waals surface area contributed by atoms with Crippen molar-refractivity contribution in [1.82, 2.24) is 0 Å². The number of thiophene rings is 1. The molecule has 0 aliphatic carbocycles. The fourth-order valence-electron chi connectivity index (χ4n) is 1.67. The first kappa shape index (κ1) is 14.0. The molecule has 0 spiro atoms. The number of hydrogen-bond donors (Lipinski definition) is 1. The van der Waals surface area contributed by atoms with Gasteiger partial charge in [-0.3, -0.25) is 0 Å². The van der Waals surface area contributed by atoms with Crippen molar-refractivity contribution >= 4 is 11.3 Å². The number of aryl methyl sites for hydroxylation is 1. The van der Waals surface area contributed by atoms with E-state index in [1.54, 1.807) is 11.3 Å². The molecular weight excluding hydrogens is 270 g/mol. The molecule has 1 aromatic heterocycles. The number of hydrogen-bond acceptors (Lipinski definition) is 3. The summed E-state index contributed by atoms with van der Waals surface area (Å²) in [6.45, 7) is 1.78. The molecule has 2 rings (SSSR count). The van der Waals surface area contributed by atoms with Gasteiger partial charge in [0.25, 0.3) is 0 Å². The number of rotatable bonds is 5. The SMILES string of the molecule is CCc1ccc(COc2c(F)cc(CO)cc2F)s1. The predicted octanol–water partition coefficient (Wildman–Crippen LogP) is 3.66. The van der Waals surface area contributed by atoms with Crippen LogP contribution >= 0.6 is 11.3 Å². The van der Waals surface area contributed by atoms with Gasteiger partial charge in [0, 0.05) is 9.75 Å². The zero-order valence-corrected chi connectivity index (χ0v) is 11.3. The maximum Gasteiger partial charge on any atom is 0.191 e. The maximum atomic E-state index is 13.6. The zero-order chi connectivity index (χ0) is 13.8. The van der Waals surface area contributed by atoms with Crippen molar-refractivity contribution in [2.75, 3.05) is 0 Å². The average molecular weight is 284 g/mol. The lowest BCUT2D eigenvalue weighted by molar-refractivity contribution is 0.268. The standard InChI is InChI=1S/C14H14F2O2S/c1-2-10-3-4-11(19-10)8-18-14-12(15)5-9(7-17)6-13(14)16/h3-6,17H,2,7-8H2,1H3. The lowest BCUT2D eigenvalue weighted by atomic mass is 10.2. The minimum atomic E-state index is -0.795. The van der Waals surface area contributed by atoms with E-state index in [-0.39, 0.29) is 12.2 Å². The van der Waals surface area contributed by atoms with Crippen molar-refractivity contribution in [2.45, 2.75) is 26.6 Å². The molecule has 0 unspecified atom stereocenters.